The van der Waals surface area contributed by atoms with E-state index < -0.39 is 10.8 Å². The van der Waals surface area contributed by atoms with Crippen molar-refractivity contribution < 1.29 is 8.60 Å². The van der Waals surface area contributed by atoms with Crippen molar-refractivity contribution in [3.8, 4) is 0 Å². The first-order valence-corrected chi connectivity index (χ1v) is 7.34. The second-order valence-corrected chi connectivity index (χ2v) is 5.81. The van der Waals surface area contributed by atoms with E-state index in [2.05, 4.69) is 0 Å². The second kappa shape index (κ2) is 6.12. The zero-order valence-electron chi connectivity index (χ0n) is 9.61. The summed E-state index contributed by atoms with van der Waals surface area (Å²) in [6.07, 6.45) is 0. The van der Waals surface area contributed by atoms with Gasteiger partial charge in [0.2, 0.25) is 0 Å². The van der Waals surface area contributed by atoms with Crippen molar-refractivity contribution in [1.29, 1.82) is 0 Å². The monoisotopic (exact) mass is 282 g/mol. The maximum Gasteiger partial charge on any atom is 0.123 e. The predicted molar refractivity (Wildman–Crippen MR) is 73.4 cm³/mol. The van der Waals surface area contributed by atoms with Crippen LogP contribution in [-0.4, -0.2) is 4.21 Å². The van der Waals surface area contributed by atoms with E-state index in [1.54, 1.807) is 18.2 Å². The van der Waals surface area contributed by atoms with Gasteiger partial charge in [-0.1, -0.05) is 41.9 Å². The van der Waals surface area contributed by atoms with Crippen molar-refractivity contribution in [1.82, 2.24) is 0 Å². The normalized spacial score (nSPS) is 12.3. The fraction of sp³-hybridized carbons (Fsp3) is 0.143. The zero-order chi connectivity index (χ0) is 13.0. The molecule has 0 aliphatic rings. The highest BCUT2D eigenvalue weighted by Crippen LogP contribution is 2.18. The molecule has 94 valence electrons. The van der Waals surface area contributed by atoms with Gasteiger partial charge >= 0.3 is 0 Å². The van der Waals surface area contributed by atoms with Crippen LogP contribution in [0.3, 0.4) is 0 Å². The average Bonchev–Trinajstić information content (AvgIpc) is 2.35. The molecule has 0 amide bonds. The smallest absolute Gasteiger partial charge is 0.123 e. The van der Waals surface area contributed by atoms with Crippen molar-refractivity contribution in [3.63, 3.8) is 0 Å². The minimum Gasteiger partial charge on any atom is -0.259 e. The Balaban J connectivity index is 2.01. The molecule has 0 saturated carbocycles. The summed E-state index contributed by atoms with van der Waals surface area (Å²) in [4.78, 5) is 0. The van der Waals surface area contributed by atoms with Gasteiger partial charge in [0.15, 0.2) is 0 Å². The van der Waals surface area contributed by atoms with Crippen LogP contribution in [0.1, 0.15) is 11.1 Å². The van der Waals surface area contributed by atoms with E-state index in [0.29, 0.717) is 16.5 Å². The molecular weight excluding hydrogens is 271 g/mol. The van der Waals surface area contributed by atoms with Gasteiger partial charge in [0.05, 0.1) is 5.75 Å². The van der Waals surface area contributed by atoms with Gasteiger partial charge in [-0.2, -0.15) is 0 Å². The van der Waals surface area contributed by atoms with E-state index >= 15 is 0 Å². The number of hydrogen-bond donors (Lipinski definition) is 0. The first-order valence-electron chi connectivity index (χ1n) is 5.48. The van der Waals surface area contributed by atoms with Crippen LogP contribution in [0.15, 0.2) is 48.5 Å². The molecule has 0 aliphatic heterocycles. The molecule has 1 unspecified atom stereocenters. The Kier molecular flexibility index (Phi) is 4.50. The van der Waals surface area contributed by atoms with E-state index in [4.69, 9.17) is 11.6 Å². The van der Waals surface area contributed by atoms with E-state index in [9.17, 15) is 8.60 Å². The quantitative estimate of drug-likeness (QED) is 0.830. The molecule has 0 aliphatic carbocycles. The third-order valence-electron chi connectivity index (χ3n) is 2.52. The third-order valence-corrected chi connectivity index (χ3v) is 4.17. The molecule has 0 spiro atoms. The number of rotatable bonds is 4. The number of benzene rings is 2. The Morgan fingerprint density at radius 3 is 2.33 bits per heavy atom. The van der Waals surface area contributed by atoms with Crippen molar-refractivity contribution in [2.75, 3.05) is 0 Å². The Hall–Kier alpha value is -1.19. The van der Waals surface area contributed by atoms with Crippen LogP contribution in [0.2, 0.25) is 5.02 Å². The minimum atomic E-state index is -1.05. The standard InChI is InChI=1S/C14H12ClFOS/c15-14-4-2-1-3-12(14)10-18(17)9-11-5-7-13(16)8-6-11/h1-8H,9-10H2. The second-order valence-electron chi connectivity index (χ2n) is 3.95. The molecule has 0 N–H and O–H groups in total. The summed E-state index contributed by atoms with van der Waals surface area (Å²) >= 11 is 6.01. The molecule has 1 atom stereocenters. The van der Waals surface area contributed by atoms with Crippen molar-refractivity contribution in [3.05, 3.63) is 70.5 Å². The molecule has 2 rings (SSSR count). The molecule has 0 aromatic heterocycles. The van der Waals surface area contributed by atoms with Gasteiger partial charge < -0.3 is 0 Å². The van der Waals surface area contributed by atoms with Crippen LogP contribution in [0.4, 0.5) is 4.39 Å². The summed E-state index contributed by atoms with van der Waals surface area (Å²) in [5.41, 5.74) is 1.74. The van der Waals surface area contributed by atoms with Crippen LogP contribution < -0.4 is 0 Å². The Labute approximate surface area is 113 Å². The molecule has 2 aromatic carbocycles. The van der Waals surface area contributed by atoms with Gasteiger partial charge in [0.1, 0.15) is 5.82 Å². The summed E-state index contributed by atoms with van der Waals surface area (Å²) in [7, 11) is -1.05. The lowest BCUT2D eigenvalue weighted by Gasteiger charge is -2.04. The van der Waals surface area contributed by atoms with Crippen LogP contribution in [0.25, 0.3) is 0 Å². The highest BCUT2D eigenvalue weighted by Gasteiger charge is 2.06. The zero-order valence-corrected chi connectivity index (χ0v) is 11.2. The fourth-order valence-electron chi connectivity index (χ4n) is 1.61. The maximum atomic E-state index is 12.7. The van der Waals surface area contributed by atoms with E-state index in [1.165, 1.54) is 12.1 Å². The van der Waals surface area contributed by atoms with Crippen molar-refractivity contribution >= 4 is 22.4 Å². The molecule has 1 nitrogen and oxygen atoms in total. The third kappa shape index (κ3) is 3.65. The van der Waals surface area contributed by atoms with Gasteiger partial charge in [-0.15, -0.1) is 0 Å². The fourth-order valence-corrected chi connectivity index (χ4v) is 3.15. The topological polar surface area (TPSA) is 17.1 Å². The Morgan fingerprint density at radius 2 is 1.67 bits per heavy atom. The first kappa shape index (κ1) is 13.2. The minimum absolute atomic E-state index is 0.282. The Bertz CT molecular complexity index is 554. The lowest BCUT2D eigenvalue weighted by molar-refractivity contribution is 0.627. The molecule has 18 heavy (non-hydrogen) atoms. The number of hydrogen-bond acceptors (Lipinski definition) is 1. The highest BCUT2D eigenvalue weighted by atomic mass is 35.5. The van der Waals surface area contributed by atoms with E-state index in [1.807, 2.05) is 18.2 Å². The largest absolute Gasteiger partial charge is 0.259 e. The summed E-state index contributed by atoms with van der Waals surface area (Å²) in [5.74, 6) is 0.540. The first-order chi connectivity index (χ1) is 8.65. The van der Waals surface area contributed by atoms with Crippen LogP contribution in [-0.2, 0) is 22.3 Å². The molecule has 4 heteroatoms. The lowest BCUT2D eigenvalue weighted by atomic mass is 10.2. The van der Waals surface area contributed by atoms with Gasteiger partial charge in [0, 0.05) is 21.6 Å². The van der Waals surface area contributed by atoms with Crippen molar-refractivity contribution in [2.24, 2.45) is 0 Å². The molecule has 0 bridgehead atoms. The molecule has 0 radical (unpaired) electrons. The molecule has 0 fully saturated rings. The van der Waals surface area contributed by atoms with Crippen molar-refractivity contribution in [2.45, 2.75) is 11.5 Å². The van der Waals surface area contributed by atoms with Crippen LogP contribution in [0, 0.1) is 5.82 Å². The van der Waals surface area contributed by atoms with E-state index in [-0.39, 0.29) is 5.82 Å². The molecular formula is C14H12ClFOS. The summed E-state index contributed by atoms with van der Waals surface area (Å²) in [5, 5.41) is 0.630. The summed E-state index contributed by atoms with van der Waals surface area (Å²) < 4.78 is 24.7. The van der Waals surface area contributed by atoms with E-state index in [0.717, 1.165) is 11.1 Å². The highest BCUT2D eigenvalue weighted by molar-refractivity contribution is 7.83. The van der Waals surface area contributed by atoms with Gasteiger partial charge in [-0.25, -0.2) is 4.39 Å². The summed E-state index contributed by atoms with van der Waals surface area (Å²) in [6, 6.07) is 13.4. The van der Waals surface area contributed by atoms with Gasteiger partial charge in [0.25, 0.3) is 0 Å². The summed E-state index contributed by atoms with van der Waals surface area (Å²) in [6.45, 7) is 0. The predicted octanol–water partition coefficient (Wildman–Crippen LogP) is 3.93. The van der Waals surface area contributed by atoms with Crippen LogP contribution in [0.5, 0.6) is 0 Å². The molecule has 2 aromatic rings. The average molecular weight is 283 g/mol. The molecule has 0 heterocycles. The lowest BCUT2D eigenvalue weighted by Crippen LogP contribution is -2.00. The maximum absolute atomic E-state index is 12.7. The van der Waals surface area contributed by atoms with Gasteiger partial charge in [-0.05, 0) is 29.3 Å². The van der Waals surface area contributed by atoms with Crippen LogP contribution >= 0.6 is 11.6 Å². The van der Waals surface area contributed by atoms with Gasteiger partial charge in [-0.3, -0.25) is 4.21 Å². The number of halogens is 2. The Morgan fingerprint density at radius 1 is 1.00 bits per heavy atom. The SMILES string of the molecule is O=S(Cc1ccc(F)cc1)Cc1ccccc1Cl. The molecule has 0 saturated heterocycles.